The maximum absolute atomic E-state index is 5.76. The van der Waals surface area contributed by atoms with Crippen molar-refractivity contribution in [2.45, 2.75) is 11.8 Å². The average Bonchev–Trinajstić information content (AvgIpc) is 2.96. The summed E-state index contributed by atoms with van der Waals surface area (Å²) in [4.78, 5) is 9.50. The minimum absolute atomic E-state index is 0.169. The van der Waals surface area contributed by atoms with Gasteiger partial charge in [-0.3, -0.25) is 9.80 Å². The van der Waals surface area contributed by atoms with Gasteiger partial charge in [0.25, 0.3) is 0 Å². The van der Waals surface area contributed by atoms with Gasteiger partial charge in [-0.25, -0.2) is 4.98 Å². The van der Waals surface area contributed by atoms with E-state index in [0.29, 0.717) is 0 Å². The number of epoxide rings is 1. The van der Waals surface area contributed by atoms with E-state index in [0.717, 1.165) is 56.9 Å². The quantitative estimate of drug-likeness (QED) is 0.775. The summed E-state index contributed by atoms with van der Waals surface area (Å²) in [5.74, 6) is 0. The predicted molar refractivity (Wildman–Crippen MR) is 69.5 cm³/mol. The Morgan fingerprint density at radius 3 is 2.61 bits per heavy atom. The van der Waals surface area contributed by atoms with Crippen LogP contribution in [0.4, 0.5) is 0 Å². The molecule has 1 atom stereocenters. The third-order valence-electron chi connectivity index (χ3n) is 4.29. The number of ether oxygens (including phenoxy) is 1. The normalized spacial score (nSPS) is 34.4. The molecule has 1 aromatic rings. The summed E-state index contributed by atoms with van der Waals surface area (Å²) >= 11 is 1.71. The SMILES string of the molecule is c1csc(C2(N3CCN(C4CNC4)CC3)CO2)n1. The Bertz CT molecular complexity index is 408. The molecule has 1 aromatic heterocycles. The minimum atomic E-state index is -0.169. The van der Waals surface area contributed by atoms with E-state index in [-0.39, 0.29) is 5.72 Å². The van der Waals surface area contributed by atoms with Crippen LogP contribution in [0, 0.1) is 0 Å². The first-order valence-corrected chi connectivity index (χ1v) is 7.50. The molecule has 4 rings (SSSR count). The molecule has 4 heterocycles. The summed E-state index contributed by atoms with van der Waals surface area (Å²) in [6.45, 7) is 7.63. The van der Waals surface area contributed by atoms with Gasteiger partial charge in [0.1, 0.15) is 5.01 Å². The molecule has 0 aliphatic carbocycles. The van der Waals surface area contributed by atoms with Gasteiger partial charge in [0.05, 0.1) is 6.61 Å². The van der Waals surface area contributed by atoms with Crippen LogP contribution in [-0.2, 0) is 10.5 Å². The average molecular weight is 266 g/mol. The number of hydrogen-bond acceptors (Lipinski definition) is 6. The zero-order chi connectivity index (χ0) is 12.0. The summed E-state index contributed by atoms with van der Waals surface area (Å²) in [6, 6.07) is 0.767. The predicted octanol–water partition coefficient (Wildman–Crippen LogP) is -0.0845. The van der Waals surface area contributed by atoms with Crippen molar-refractivity contribution < 1.29 is 4.74 Å². The van der Waals surface area contributed by atoms with Crippen LogP contribution in [0.5, 0.6) is 0 Å². The second-order valence-corrected chi connectivity index (χ2v) is 6.14. The van der Waals surface area contributed by atoms with E-state index in [1.807, 2.05) is 11.6 Å². The lowest BCUT2D eigenvalue weighted by Crippen LogP contribution is -2.62. The molecule has 3 fully saturated rings. The van der Waals surface area contributed by atoms with Gasteiger partial charge in [0, 0.05) is 56.9 Å². The Morgan fingerprint density at radius 1 is 1.33 bits per heavy atom. The minimum Gasteiger partial charge on any atom is -0.346 e. The number of rotatable bonds is 3. The van der Waals surface area contributed by atoms with Crippen molar-refractivity contribution >= 4 is 11.3 Å². The molecule has 3 aliphatic heterocycles. The van der Waals surface area contributed by atoms with Crippen LogP contribution >= 0.6 is 11.3 Å². The van der Waals surface area contributed by atoms with Crippen molar-refractivity contribution in [3.63, 3.8) is 0 Å². The topological polar surface area (TPSA) is 43.9 Å². The van der Waals surface area contributed by atoms with Crippen molar-refractivity contribution in [2.24, 2.45) is 0 Å². The van der Waals surface area contributed by atoms with E-state index in [4.69, 9.17) is 4.74 Å². The maximum atomic E-state index is 5.76. The molecule has 1 unspecified atom stereocenters. The Hall–Kier alpha value is -0.530. The van der Waals surface area contributed by atoms with Gasteiger partial charge in [0.2, 0.25) is 0 Å². The molecule has 3 aliphatic rings. The van der Waals surface area contributed by atoms with E-state index in [2.05, 4.69) is 20.1 Å². The van der Waals surface area contributed by atoms with Crippen molar-refractivity contribution in [3.8, 4) is 0 Å². The van der Waals surface area contributed by atoms with Gasteiger partial charge >= 0.3 is 0 Å². The molecule has 0 aromatic carbocycles. The number of nitrogens with one attached hydrogen (secondary N) is 1. The molecule has 0 amide bonds. The summed E-state index contributed by atoms with van der Waals surface area (Å²) in [6.07, 6.45) is 1.87. The van der Waals surface area contributed by atoms with Crippen LogP contribution in [0.2, 0.25) is 0 Å². The molecular formula is C12H18N4OS. The van der Waals surface area contributed by atoms with E-state index >= 15 is 0 Å². The molecule has 18 heavy (non-hydrogen) atoms. The zero-order valence-corrected chi connectivity index (χ0v) is 11.2. The summed E-state index contributed by atoms with van der Waals surface area (Å²) in [7, 11) is 0. The summed E-state index contributed by atoms with van der Waals surface area (Å²) < 4.78 is 5.76. The third-order valence-corrected chi connectivity index (χ3v) is 5.19. The number of piperazine rings is 1. The Balaban J connectivity index is 1.42. The summed E-state index contributed by atoms with van der Waals surface area (Å²) in [5, 5.41) is 6.51. The van der Waals surface area contributed by atoms with Crippen LogP contribution in [-0.4, -0.2) is 66.7 Å². The van der Waals surface area contributed by atoms with E-state index < -0.39 is 0 Å². The number of nitrogens with zero attached hydrogens (tertiary/aromatic N) is 3. The fourth-order valence-corrected chi connectivity index (χ4v) is 3.71. The second-order valence-electron chi connectivity index (χ2n) is 5.25. The monoisotopic (exact) mass is 266 g/mol. The van der Waals surface area contributed by atoms with Crippen LogP contribution in [0.25, 0.3) is 0 Å². The van der Waals surface area contributed by atoms with E-state index in [1.165, 1.54) is 0 Å². The van der Waals surface area contributed by atoms with Gasteiger partial charge in [-0.1, -0.05) is 0 Å². The fraction of sp³-hybridized carbons (Fsp3) is 0.750. The first-order valence-electron chi connectivity index (χ1n) is 6.62. The lowest BCUT2D eigenvalue weighted by Gasteiger charge is -2.44. The highest BCUT2D eigenvalue weighted by Gasteiger charge is 2.54. The zero-order valence-electron chi connectivity index (χ0n) is 10.3. The third kappa shape index (κ3) is 1.71. The molecule has 3 saturated heterocycles. The van der Waals surface area contributed by atoms with Gasteiger partial charge in [-0.05, 0) is 0 Å². The molecule has 98 valence electrons. The standard InChI is InChI=1S/C12H18N4OS/c1-6-18-11(14-1)12(9-17-12)16-4-2-15(3-5-16)10-7-13-8-10/h1,6,10,13H,2-5,7-9H2. The van der Waals surface area contributed by atoms with E-state index in [1.54, 1.807) is 11.3 Å². The van der Waals surface area contributed by atoms with Gasteiger partial charge in [-0.15, -0.1) is 11.3 Å². The molecule has 0 spiro atoms. The van der Waals surface area contributed by atoms with Crippen molar-refractivity contribution in [3.05, 3.63) is 16.6 Å². The Morgan fingerprint density at radius 2 is 2.11 bits per heavy atom. The smallest absolute Gasteiger partial charge is 0.198 e. The highest BCUT2D eigenvalue weighted by atomic mass is 32.1. The maximum Gasteiger partial charge on any atom is 0.198 e. The van der Waals surface area contributed by atoms with Gasteiger partial charge in [-0.2, -0.15) is 0 Å². The lowest BCUT2D eigenvalue weighted by atomic mass is 10.1. The fourth-order valence-electron chi connectivity index (χ4n) is 2.91. The number of thiazole rings is 1. The Labute approximate surface area is 111 Å². The molecule has 1 N–H and O–H groups in total. The lowest BCUT2D eigenvalue weighted by molar-refractivity contribution is 0.00418. The first kappa shape index (κ1) is 11.3. The van der Waals surface area contributed by atoms with Gasteiger partial charge in [0.15, 0.2) is 5.72 Å². The van der Waals surface area contributed by atoms with Crippen molar-refractivity contribution in [2.75, 3.05) is 45.9 Å². The van der Waals surface area contributed by atoms with Gasteiger partial charge < -0.3 is 10.1 Å². The van der Waals surface area contributed by atoms with E-state index in [9.17, 15) is 0 Å². The molecule has 0 saturated carbocycles. The van der Waals surface area contributed by atoms with Crippen LogP contribution < -0.4 is 5.32 Å². The molecule has 0 bridgehead atoms. The molecule has 5 nitrogen and oxygen atoms in total. The highest BCUT2D eigenvalue weighted by Crippen LogP contribution is 2.43. The first-order chi connectivity index (χ1) is 8.88. The second kappa shape index (κ2) is 4.25. The number of hydrogen-bond donors (Lipinski definition) is 1. The van der Waals surface area contributed by atoms with Crippen molar-refractivity contribution in [1.29, 1.82) is 0 Å². The highest BCUT2D eigenvalue weighted by molar-refractivity contribution is 7.09. The number of aromatic nitrogens is 1. The van der Waals surface area contributed by atoms with Crippen LogP contribution in [0.15, 0.2) is 11.6 Å². The largest absolute Gasteiger partial charge is 0.346 e. The van der Waals surface area contributed by atoms with Crippen LogP contribution in [0.1, 0.15) is 5.01 Å². The summed E-state index contributed by atoms with van der Waals surface area (Å²) in [5.41, 5.74) is -0.169. The molecule has 0 radical (unpaired) electrons. The molecule has 6 heteroatoms. The molecular weight excluding hydrogens is 248 g/mol. The Kier molecular flexibility index (Phi) is 2.67. The van der Waals surface area contributed by atoms with Crippen molar-refractivity contribution in [1.82, 2.24) is 20.1 Å². The van der Waals surface area contributed by atoms with Crippen LogP contribution in [0.3, 0.4) is 0 Å².